The Balaban J connectivity index is 2.10. The predicted molar refractivity (Wildman–Crippen MR) is 93.3 cm³/mol. The highest BCUT2D eigenvalue weighted by molar-refractivity contribution is 5.89. The van der Waals surface area contributed by atoms with Crippen molar-refractivity contribution in [1.82, 2.24) is 10.6 Å². The van der Waals surface area contributed by atoms with Crippen molar-refractivity contribution in [3.8, 4) is 0 Å². The summed E-state index contributed by atoms with van der Waals surface area (Å²) in [6, 6.07) is 6.64. The molecule has 3 atom stereocenters. The number of amides is 2. The van der Waals surface area contributed by atoms with E-state index in [1.165, 1.54) is 0 Å². The average molecular weight is 332 g/mol. The van der Waals surface area contributed by atoms with E-state index < -0.39 is 17.6 Å². The fourth-order valence-corrected chi connectivity index (χ4v) is 2.95. The van der Waals surface area contributed by atoms with Crippen LogP contribution in [0.2, 0.25) is 0 Å². The molecule has 24 heavy (non-hydrogen) atoms. The number of aliphatic hydroxyl groups is 1. The van der Waals surface area contributed by atoms with Crippen LogP contribution in [-0.4, -0.2) is 29.0 Å². The van der Waals surface area contributed by atoms with Crippen molar-refractivity contribution in [3.05, 3.63) is 35.4 Å². The summed E-state index contributed by atoms with van der Waals surface area (Å²) >= 11 is 0. The van der Waals surface area contributed by atoms with Crippen LogP contribution in [0.15, 0.2) is 24.3 Å². The van der Waals surface area contributed by atoms with Gasteiger partial charge in [0.15, 0.2) is 0 Å². The molecule has 3 N–H and O–H groups in total. The molecule has 1 unspecified atom stereocenters. The van der Waals surface area contributed by atoms with E-state index in [0.29, 0.717) is 6.42 Å². The minimum atomic E-state index is -0.716. The van der Waals surface area contributed by atoms with E-state index in [-0.39, 0.29) is 23.8 Å². The lowest BCUT2D eigenvalue weighted by molar-refractivity contribution is -0.133. The quantitative estimate of drug-likeness (QED) is 0.788. The lowest BCUT2D eigenvalue weighted by atomic mass is 9.85. The number of fused-ring (bicyclic) bond motifs is 1. The van der Waals surface area contributed by atoms with Crippen LogP contribution in [0.25, 0.3) is 0 Å². The zero-order chi connectivity index (χ0) is 18.1. The normalized spacial score (nSPS) is 21.3. The summed E-state index contributed by atoms with van der Waals surface area (Å²) in [5.74, 6) is -0.599. The summed E-state index contributed by atoms with van der Waals surface area (Å²) in [7, 11) is 0. The number of carbonyl (C=O) groups excluding carboxylic acids is 2. The first kappa shape index (κ1) is 18.5. The first-order valence-corrected chi connectivity index (χ1v) is 8.48. The van der Waals surface area contributed by atoms with Crippen molar-refractivity contribution in [3.63, 3.8) is 0 Å². The summed E-state index contributed by atoms with van der Waals surface area (Å²) in [6.45, 7) is 9.34. The zero-order valence-electron chi connectivity index (χ0n) is 15.1. The Morgan fingerprint density at radius 2 is 1.79 bits per heavy atom. The number of hydrogen-bond acceptors (Lipinski definition) is 3. The van der Waals surface area contributed by atoms with Crippen molar-refractivity contribution in [2.45, 2.75) is 59.2 Å². The van der Waals surface area contributed by atoms with Gasteiger partial charge in [-0.15, -0.1) is 0 Å². The fourth-order valence-electron chi connectivity index (χ4n) is 2.95. The maximum absolute atomic E-state index is 12.8. The summed E-state index contributed by atoms with van der Waals surface area (Å²) < 4.78 is 0. The van der Waals surface area contributed by atoms with E-state index in [4.69, 9.17) is 0 Å². The number of rotatable bonds is 4. The molecule has 2 amide bonds. The Bertz CT molecular complexity index is 619. The Morgan fingerprint density at radius 1 is 1.17 bits per heavy atom. The Morgan fingerprint density at radius 3 is 2.33 bits per heavy atom. The highest BCUT2D eigenvalue weighted by atomic mass is 16.3. The van der Waals surface area contributed by atoms with Crippen molar-refractivity contribution in [2.24, 2.45) is 11.3 Å². The van der Waals surface area contributed by atoms with Gasteiger partial charge in [-0.05, 0) is 23.0 Å². The van der Waals surface area contributed by atoms with Gasteiger partial charge in [0.1, 0.15) is 6.04 Å². The Kier molecular flexibility index (Phi) is 5.33. The van der Waals surface area contributed by atoms with Gasteiger partial charge in [0.05, 0.1) is 12.1 Å². The van der Waals surface area contributed by atoms with Gasteiger partial charge in [0.25, 0.3) is 0 Å². The molecule has 1 aliphatic rings. The van der Waals surface area contributed by atoms with Crippen molar-refractivity contribution < 1.29 is 14.7 Å². The van der Waals surface area contributed by atoms with Crippen molar-refractivity contribution >= 4 is 11.8 Å². The molecule has 1 aromatic carbocycles. The summed E-state index contributed by atoms with van der Waals surface area (Å²) in [4.78, 5) is 24.8. The van der Waals surface area contributed by atoms with E-state index in [1.54, 1.807) is 13.8 Å². The third kappa shape index (κ3) is 3.96. The molecule has 0 aromatic heterocycles. The SMILES string of the molecule is CC(C)C(=O)NC(C(=O)N[C@H]1Cc2ccccc2[C@H]1O)C(C)(C)C. The number of carbonyl (C=O) groups is 2. The summed E-state index contributed by atoms with van der Waals surface area (Å²) in [5, 5.41) is 16.2. The van der Waals surface area contributed by atoms with Gasteiger partial charge in [-0.1, -0.05) is 58.9 Å². The highest BCUT2D eigenvalue weighted by Crippen LogP contribution is 2.31. The first-order valence-electron chi connectivity index (χ1n) is 8.48. The van der Waals surface area contributed by atoms with Crippen LogP contribution < -0.4 is 10.6 Å². The zero-order valence-corrected chi connectivity index (χ0v) is 15.1. The maximum atomic E-state index is 12.8. The van der Waals surface area contributed by atoms with Gasteiger partial charge in [-0.25, -0.2) is 0 Å². The largest absolute Gasteiger partial charge is 0.386 e. The molecule has 0 heterocycles. The molecule has 2 rings (SSSR count). The van der Waals surface area contributed by atoms with E-state index in [2.05, 4.69) is 10.6 Å². The molecule has 5 nitrogen and oxygen atoms in total. The van der Waals surface area contributed by atoms with Gasteiger partial charge in [-0.2, -0.15) is 0 Å². The smallest absolute Gasteiger partial charge is 0.243 e. The molecule has 1 aliphatic carbocycles. The monoisotopic (exact) mass is 332 g/mol. The van der Waals surface area contributed by atoms with Gasteiger partial charge >= 0.3 is 0 Å². The Labute approximate surface area is 143 Å². The molecule has 0 fully saturated rings. The molecule has 0 aliphatic heterocycles. The molecule has 132 valence electrons. The lowest BCUT2D eigenvalue weighted by Crippen LogP contribution is -2.56. The third-order valence-electron chi connectivity index (χ3n) is 4.46. The molecule has 0 radical (unpaired) electrons. The molecule has 0 spiro atoms. The summed E-state index contributed by atoms with van der Waals surface area (Å²) in [6.07, 6.45) is -0.121. The molecule has 0 saturated heterocycles. The van der Waals surface area contributed by atoms with E-state index in [9.17, 15) is 14.7 Å². The fraction of sp³-hybridized carbons (Fsp3) is 0.579. The number of nitrogens with one attached hydrogen (secondary N) is 2. The van der Waals surface area contributed by atoms with Crippen LogP contribution >= 0.6 is 0 Å². The number of benzene rings is 1. The molecule has 1 aromatic rings. The van der Waals surface area contributed by atoms with Gasteiger partial charge in [-0.3, -0.25) is 9.59 Å². The van der Waals surface area contributed by atoms with E-state index in [1.807, 2.05) is 45.0 Å². The second-order valence-corrected chi connectivity index (χ2v) is 7.93. The van der Waals surface area contributed by atoms with Crippen LogP contribution in [-0.2, 0) is 16.0 Å². The van der Waals surface area contributed by atoms with Crippen LogP contribution in [0.3, 0.4) is 0 Å². The molecule has 5 heteroatoms. The molecular weight excluding hydrogens is 304 g/mol. The summed E-state index contributed by atoms with van der Waals surface area (Å²) in [5.41, 5.74) is 1.49. The lowest BCUT2D eigenvalue weighted by Gasteiger charge is -2.32. The highest BCUT2D eigenvalue weighted by Gasteiger charge is 2.37. The first-order chi connectivity index (χ1) is 11.1. The van der Waals surface area contributed by atoms with Crippen LogP contribution in [0.5, 0.6) is 0 Å². The maximum Gasteiger partial charge on any atom is 0.243 e. The minimum absolute atomic E-state index is 0.152. The standard InChI is InChI=1S/C19H28N2O3/c1-11(2)17(23)21-16(19(3,4)5)18(24)20-14-10-12-8-6-7-9-13(12)15(14)22/h6-9,11,14-16,22H,10H2,1-5H3,(H,20,24)(H,21,23)/t14-,15+,16?/m0/s1. The number of hydrogen-bond donors (Lipinski definition) is 3. The molecule has 0 bridgehead atoms. The number of aliphatic hydroxyl groups excluding tert-OH is 1. The van der Waals surface area contributed by atoms with E-state index >= 15 is 0 Å². The molecule has 0 saturated carbocycles. The van der Waals surface area contributed by atoms with Crippen LogP contribution in [0, 0.1) is 11.3 Å². The third-order valence-corrected chi connectivity index (χ3v) is 4.46. The van der Waals surface area contributed by atoms with Crippen molar-refractivity contribution in [1.29, 1.82) is 0 Å². The van der Waals surface area contributed by atoms with Crippen molar-refractivity contribution in [2.75, 3.05) is 0 Å². The second-order valence-electron chi connectivity index (χ2n) is 7.93. The molecular formula is C19H28N2O3. The topological polar surface area (TPSA) is 78.4 Å². The van der Waals surface area contributed by atoms with E-state index in [0.717, 1.165) is 11.1 Å². The van der Waals surface area contributed by atoms with Gasteiger partial charge in [0, 0.05) is 5.92 Å². The predicted octanol–water partition coefficient (Wildman–Crippen LogP) is 1.95. The second kappa shape index (κ2) is 6.93. The minimum Gasteiger partial charge on any atom is -0.386 e. The van der Waals surface area contributed by atoms with Crippen LogP contribution in [0.1, 0.15) is 51.8 Å². The Hall–Kier alpha value is -1.88. The van der Waals surface area contributed by atoms with Gasteiger partial charge in [0.2, 0.25) is 11.8 Å². The average Bonchev–Trinajstić information content (AvgIpc) is 2.80. The van der Waals surface area contributed by atoms with Crippen LogP contribution in [0.4, 0.5) is 0 Å². The van der Waals surface area contributed by atoms with Gasteiger partial charge < -0.3 is 15.7 Å².